The fourth-order valence-corrected chi connectivity index (χ4v) is 4.82. The number of carbonyl (C=O) groups is 2. The van der Waals surface area contributed by atoms with Gasteiger partial charge in [-0.1, -0.05) is 68.4 Å². The Hall–Kier alpha value is -3.78. The number of benzene rings is 2. The van der Waals surface area contributed by atoms with E-state index >= 15 is 0 Å². The third kappa shape index (κ3) is 8.89. The molecular weight excluding hydrogens is 516 g/mol. The highest BCUT2D eigenvalue weighted by molar-refractivity contribution is 7.93. The van der Waals surface area contributed by atoms with Gasteiger partial charge in [-0.2, -0.15) is 12.7 Å². The molecule has 2 aromatic carbocycles. The second-order valence-corrected chi connectivity index (χ2v) is 11.4. The molecule has 3 N–H and O–H groups in total. The predicted molar refractivity (Wildman–Crippen MR) is 151 cm³/mol. The van der Waals surface area contributed by atoms with E-state index in [9.17, 15) is 23.1 Å². The van der Waals surface area contributed by atoms with Crippen molar-refractivity contribution in [3.63, 3.8) is 0 Å². The SMILES string of the molecule is C#CS(=O)(=O)N(CCC(C)C)C[C@@H](O)[C@H](Cc1ccccc1)NC(=O)CNC(=O)c1ccc2ccccc2n1. The number of aliphatic hydroxyl groups is 1. The van der Waals surface area contributed by atoms with Crippen LogP contribution < -0.4 is 10.6 Å². The molecule has 1 heterocycles. The summed E-state index contributed by atoms with van der Waals surface area (Å²) in [7, 11) is -4.03. The number of aliphatic hydroxyl groups excluding tert-OH is 1. The van der Waals surface area contributed by atoms with Gasteiger partial charge in [0.15, 0.2) is 0 Å². The van der Waals surface area contributed by atoms with Gasteiger partial charge in [0.2, 0.25) is 5.91 Å². The van der Waals surface area contributed by atoms with Crippen molar-refractivity contribution >= 4 is 32.7 Å². The first kappa shape index (κ1) is 29.8. The quantitative estimate of drug-likeness (QED) is 0.280. The smallest absolute Gasteiger partial charge is 0.282 e. The monoisotopic (exact) mass is 550 g/mol. The van der Waals surface area contributed by atoms with Gasteiger partial charge in [-0.25, -0.2) is 4.98 Å². The lowest BCUT2D eigenvalue weighted by atomic mass is 10.0. The molecule has 206 valence electrons. The molecule has 2 atom stereocenters. The fourth-order valence-electron chi connectivity index (χ4n) is 3.97. The van der Waals surface area contributed by atoms with Crippen LogP contribution in [0.1, 0.15) is 36.3 Å². The average Bonchev–Trinajstić information content (AvgIpc) is 2.93. The van der Waals surface area contributed by atoms with Crippen LogP contribution in [0.5, 0.6) is 0 Å². The second kappa shape index (κ2) is 13.8. The Balaban J connectivity index is 1.69. The summed E-state index contributed by atoms with van der Waals surface area (Å²) in [4.78, 5) is 29.8. The maximum atomic E-state index is 12.8. The van der Waals surface area contributed by atoms with Gasteiger partial charge in [-0.05, 0) is 36.5 Å². The van der Waals surface area contributed by atoms with Crippen LogP contribution in [0.4, 0.5) is 0 Å². The number of carbonyl (C=O) groups excluding carboxylic acids is 2. The summed E-state index contributed by atoms with van der Waals surface area (Å²) in [6, 6.07) is 19.1. The topological polar surface area (TPSA) is 129 Å². The number of aromatic nitrogens is 1. The summed E-state index contributed by atoms with van der Waals surface area (Å²) in [6.07, 6.45) is 4.77. The molecule has 0 fully saturated rings. The summed E-state index contributed by atoms with van der Waals surface area (Å²) < 4.78 is 26.0. The first-order valence-electron chi connectivity index (χ1n) is 12.7. The van der Waals surface area contributed by atoms with Crippen molar-refractivity contribution < 1.29 is 23.1 Å². The van der Waals surface area contributed by atoms with E-state index in [2.05, 4.69) is 15.6 Å². The van der Waals surface area contributed by atoms with Crippen molar-refractivity contribution in [3.05, 3.63) is 78.0 Å². The number of sulfonamides is 1. The van der Waals surface area contributed by atoms with Gasteiger partial charge in [0, 0.05) is 23.7 Å². The van der Waals surface area contributed by atoms with Gasteiger partial charge in [0.1, 0.15) is 5.69 Å². The predicted octanol–water partition coefficient (Wildman–Crippen LogP) is 2.32. The molecular formula is C29H34N4O5S. The van der Waals surface area contributed by atoms with Crippen molar-refractivity contribution in [2.24, 2.45) is 5.92 Å². The Bertz CT molecular complexity index is 1420. The molecule has 2 amide bonds. The third-order valence-electron chi connectivity index (χ3n) is 6.19. The summed E-state index contributed by atoms with van der Waals surface area (Å²) in [6.45, 7) is 3.41. The Kier molecular flexibility index (Phi) is 10.6. The van der Waals surface area contributed by atoms with Crippen LogP contribution in [0.2, 0.25) is 0 Å². The van der Waals surface area contributed by atoms with E-state index < -0.39 is 34.0 Å². The molecule has 0 spiro atoms. The highest BCUT2D eigenvalue weighted by atomic mass is 32.2. The first-order valence-corrected chi connectivity index (χ1v) is 14.2. The number of para-hydroxylation sites is 1. The number of hydrogen-bond donors (Lipinski definition) is 3. The molecule has 0 saturated heterocycles. The van der Waals surface area contributed by atoms with Crippen LogP contribution in [-0.4, -0.2) is 66.4 Å². The minimum absolute atomic E-state index is 0.141. The van der Waals surface area contributed by atoms with E-state index in [0.29, 0.717) is 11.9 Å². The lowest BCUT2D eigenvalue weighted by Gasteiger charge is -2.29. The Morgan fingerprint density at radius 1 is 1.05 bits per heavy atom. The maximum Gasteiger partial charge on any atom is 0.282 e. The summed E-state index contributed by atoms with van der Waals surface area (Å²) >= 11 is 0. The number of amides is 2. The second-order valence-electron chi connectivity index (χ2n) is 9.67. The molecule has 0 aliphatic heterocycles. The number of pyridine rings is 1. The molecule has 0 radical (unpaired) electrons. The summed E-state index contributed by atoms with van der Waals surface area (Å²) in [5, 5.41) is 19.1. The van der Waals surface area contributed by atoms with Gasteiger partial charge in [-0.3, -0.25) is 9.59 Å². The van der Waals surface area contributed by atoms with Crippen molar-refractivity contribution in [1.82, 2.24) is 19.9 Å². The molecule has 3 aromatic rings. The average molecular weight is 551 g/mol. The highest BCUT2D eigenvalue weighted by Crippen LogP contribution is 2.13. The van der Waals surface area contributed by atoms with Crippen molar-refractivity contribution in [3.8, 4) is 11.7 Å². The summed E-state index contributed by atoms with van der Waals surface area (Å²) in [5.74, 6) is -0.841. The van der Waals surface area contributed by atoms with E-state index in [1.165, 1.54) is 0 Å². The number of hydrogen-bond acceptors (Lipinski definition) is 6. The highest BCUT2D eigenvalue weighted by Gasteiger charge is 2.29. The Morgan fingerprint density at radius 2 is 1.74 bits per heavy atom. The first-order chi connectivity index (χ1) is 18.6. The molecule has 0 aliphatic rings. The minimum Gasteiger partial charge on any atom is -0.390 e. The van der Waals surface area contributed by atoms with Crippen molar-refractivity contribution in [2.75, 3.05) is 19.6 Å². The fraction of sp³-hybridized carbons (Fsp3) is 0.345. The largest absolute Gasteiger partial charge is 0.390 e. The van der Waals surface area contributed by atoms with Gasteiger partial charge in [0.05, 0.1) is 24.2 Å². The lowest BCUT2D eigenvalue weighted by Crippen LogP contribution is -2.52. The van der Waals surface area contributed by atoms with Gasteiger partial charge in [-0.15, -0.1) is 6.42 Å². The zero-order chi connectivity index (χ0) is 28.4. The van der Waals surface area contributed by atoms with Crippen LogP contribution in [0.3, 0.4) is 0 Å². The standard InChI is InChI=1S/C29H34N4O5S/c1-4-39(37,38)33(17-16-21(2)3)20-27(34)26(18-22-10-6-5-7-11-22)32-28(35)19-30-29(36)25-15-14-23-12-8-9-13-24(23)31-25/h1,5-15,21,26-27,34H,16-20H2,2-3H3,(H,30,36)(H,32,35)/t26-,27+/m0/s1. The van der Waals surface area contributed by atoms with Crippen LogP contribution >= 0.6 is 0 Å². The molecule has 39 heavy (non-hydrogen) atoms. The van der Waals surface area contributed by atoms with Crippen LogP contribution in [-0.2, 0) is 21.2 Å². The van der Waals surface area contributed by atoms with Crippen LogP contribution in [0, 0.1) is 17.6 Å². The Labute approximate surface area is 229 Å². The van der Waals surface area contributed by atoms with Crippen molar-refractivity contribution in [2.45, 2.75) is 38.8 Å². The van der Waals surface area contributed by atoms with Gasteiger partial charge < -0.3 is 15.7 Å². The zero-order valence-corrected chi connectivity index (χ0v) is 22.9. The summed E-state index contributed by atoms with van der Waals surface area (Å²) in [5.41, 5.74) is 1.66. The minimum atomic E-state index is -4.03. The van der Waals surface area contributed by atoms with E-state index in [0.717, 1.165) is 15.3 Å². The number of rotatable bonds is 13. The molecule has 3 rings (SSSR count). The van der Waals surface area contributed by atoms with E-state index in [4.69, 9.17) is 6.42 Å². The Morgan fingerprint density at radius 3 is 2.44 bits per heavy atom. The lowest BCUT2D eigenvalue weighted by molar-refractivity contribution is -0.121. The normalized spacial score (nSPS) is 13.1. The van der Waals surface area contributed by atoms with Gasteiger partial charge in [0.25, 0.3) is 15.9 Å². The third-order valence-corrected chi connectivity index (χ3v) is 7.49. The molecule has 10 heteroatoms. The maximum absolute atomic E-state index is 12.8. The van der Waals surface area contributed by atoms with Crippen LogP contribution in [0.15, 0.2) is 66.7 Å². The number of terminal acetylenes is 1. The van der Waals surface area contributed by atoms with E-state index in [-0.39, 0.29) is 37.7 Å². The zero-order valence-electron chi connectivity index (χ0n) is 22.1. The number of fused-ring (bicyclic) bond motifs is 1. The van der Waals surface area contributed by atoms with E-state index in [1.54, 1.807) is 23.5 Å². The van der Waals surface area contributed by atoms with E-state index in [1.807, 2.05) is 62.4 Å². The molecule has 0 aliphatic carbocycles. The van der Waals surface area contributed by atoms with Gasteiger partial charge >= 0.3 is 0 Å². The van der Waals surface area contributed by atoms with Crippen LogP contribution in [0.25, 0.3) is 10.9 Å². The number of nitrogens with zero attached hydrogens (tertiary/aromatic N) is 2. The molecule has 0 unspecified atom stereocenters. The molecule has 1 aromatic heterocycles. The molecule has 9 nitrogen and oxygen atoms in total. The molecule has 0 bridgehead atoms. The number of nitrogens with one attached hydrogen (secondary N) is 2. The molecule has 0 saturated carbocycles. The van der Waals surface area contributed by atoms with Crippen molar-refractivity contribution in [1.29, 1.82) is 0 Å².